The molecule has 108 valence electrons. The number of nitrogens with two attached hydrogens (primary N) is 1. The number of aryl methyl sites for hydroxylation is 2. The van der Waals surface area contributed by atoms with Crippen molar-refractivity contribution in [1.82, 2.24) is 4.98 Å². The normalized spacial score (nSPS) is 10.1. The third kappa shape index (κ3) is 4.75. The number of thioether (sulfide) groups is 1. The minimum Gasteiger partial charge on any atom is -1.00 e. The maximum absolute atomic E-state index is 5.81. The van der Waals surface area contributed by atoms with Crippen molar-refractivity contribution in [3.05, 3.63) is 46.7 Å². The third-order valence-corrected chi connectivity index (χ3v) is 4.42. The van der Waals surface area contributed by atoms with E-state index in [-0.39, 0.29) is 17.0 Å². The van der Waals surface area contributed by atoms with Crippen LogP contribution in [-0.4, -0.2) is 11.2 Å². The monoisotopic (exact) mass is 417 g/mol. The molecule has 0 radical (unpaired) electrons. The summed E-state index contributed by atoms with van der Waals surface area (Å²) in [6.45, 7) is 0.885. The smallest absolute Gasteiger partial charge is 0.389 e. The van der Waals surface area contributed by atoms with Gasteiger partial charge in [0.2, 0.25) is 0 Å². The van der Waals surface area contributed by atoms with Crippen molar-refractivity contribution >= 4 is 33.6 Å². The zero-order valence-corrected chi connectivity index (χ0v) is 15.2. The first-order valence-corrected chi connectivity index (χ1v) is 8.15. The van der Waals surface area contributed by atoms with E-state index in [0.29, 0.717) is 5.95 Å². The molecule has 0 amide bonds. The number of nitrogen functional groups attached to an aromatic ring is 1. The predicted octanol–water partition coefficient (Wildman–Crippen LogP) is 0.0725. The molecular weight excluding hydrogens is 402 g/mol. The number of aromatic nitrogens is 2. The molecule has 0 aliphatic heterocycles. The van der Waals surface area contributed by atoms with Gasteiger partial charge in [-0.15, -0.1) is 11.8 Å². The van der Waals surface area contributed by atoms with E-state index in [2.05, 4.69) is 45.4 Å². The van der Waals surface area contributed by atoms with Crippen molar-refractivity contribution < 1.29 is 21.5 Å². The molecule has 0 atom stereocenters. The van der Waals surface area contributed by atoms with Gasteiger partial charge in [-0.2, -0.15) is 0 Å². The van der Waals surface area contributed by atoms with Gasteiger partial charge < -0.3 is 17.0 Å². The molecule has 1 aromatic heterocycles. The molecule has 2 aromatic rings. The second-order valence-electron chi connectivity index (χ2n) is 4.23. The molecule has 2 N–H and O–H groups in total. The van der Waals surface area contributed by atoms with Gasteiger partial charge >= 0.3 is 5.95 Å². The van der Waals surface area contributed by atoms with Crippen molar-refractivity contribution in [3.8, 4) is 0 Å². The minimum atomic E-state index is 0. The van der Waals surface area contributed by atoms with Crippen LogP contribution in [0, 0.1) is 0 Å². The molecule has 1 heterocycles. The van der Waals surface area contributed by atoms with E-state index in [1.54, 1.807) is 18.0 Å². The van der Waals surface area contributed by atoms with Crippen LogP contribution in [0.25, 0.3) is 0 Å². The number of halogens is 2. The third-order valence-electron chi connectivity index (χ3n) is 2.96. The van der Waals surface area contributed by atoms with Crippen molar-refractivity contribution in [2.45, 2.75) is 24.3 Å². The van der Waals surface area contributed by atoms with E-state index in [1.165, 1.54) is 14.9 Å². The van der Waals surface area contributed by atoms with Crippen molar-refractivity contribution in [1.29, 1.82) is 0 Å². The van der Waals surface area contributed by atoms with Gasteiger partial charge in [0.25, 0.3) is 0 Å². The summed E-state index contributed by atoms with van der Waals surface area (Å²) in [6, 6.07) is 8.43. The first-order valence-electron chi connectivity index (χ1n) is 6.13. The highest BCUT2D eigenvalue weighted by Gasteiger charge is 2.05. The van der Waals surface area contributed by atoms with E-state index in [1.807, 2.05) is 16.8 Å². The molecule has 0 spiro atoms. The zero-order valence-electron chi connectivity index (χ0n) is 11.2. The molecule has 2 rings (SSSR count). The molecule has 0 saturated heterocycles. The van der Waals surface area contributed by atoms with Gasteiger partial charge in [-0.05, 0) is 36.8 Å². The highest BCUT2D eigenvalue weighted by Crippen LogP contribution is 2.24. The SMILES string of the molecule is CSc1ccc(CCC[n+]2cccnc2N)c(Br)c1.[Br-]. The molecule has 0 saturated carbocycles. The van der Waals surface area contributed by atoms with Crippen molar-refractivity contribution in [3.63, 3.8) is 0 Å². The fourth-order valence-corrected chi connectivity index (χ4v) is 3.07. The first kappa shape index (κ1) is 17.5. The standard InChI is InChI=1S/C14H16BrN3S.BrH/c1-19-12-6-5-11(13(15)10-12)4-2-8-18-9-3-7-17-14(18)16;/h3,5-7,9-10,16H,2,4,8H2,1H3;1H. The maximum atomic E-state index is 5.81. The van der Waals surface area contributed by atoms with Crippen LogP contribution in [0.5, 0.6) is 0 Å². The highest BCUT2D eigenvalue weighted by atomic mass is 79.9. The summed E-state index contributed by atoms with van der Waals surface area (Å²) < 4.78 is 3.16. The van der Waals surface area contributed by atoms with Crippen LogP contribution in [0.15, 0.2) is 46.0 Å². The summed E-state index contributed by atoms with van der Waals surface area (Å²) in [7, 11) is 0. The van der Waals surface area contributed by atoms with Crippen LogP contribution < -0.4 is 27.3 Å². The summed E-state index contributed by atoms with van der Waals surface area (Å²) in [5.74, 6) is 0.569. The van der Waals surface area contributed by atoms with Gasteiger partial charge in [-0.25, -0.2) is 4.57 Å². The van der Waals surface area contributed by atoms with Crippen LogP contribution in [0.2, 0.25) is 0 Å². The maximum Gasteiger partial charge on any atom is 0.389 e. The Bertz CT molecular complexity index is 564. The van der Waals surface area contributed by atoms with Crippen LogP contribution >= 0.6 is 27.7 Å². The van der Waals surface area contributed by atoms with E-state index in [4.69, 9.17) is 5.73 Å². The van der Waals surface area contributed by atoms with Crippen LogP contribution in [0.3, 0.4) is 0 Å². The molecule has 6 heteroatoms. The van der Waals surface area contributed by atoms with Gasteiger partial charge in [0.05, 0.1) is 12.7 Å². The average molecular weight is 419 g/mol. The van der Waals surface area contributed by atoms with Crippen molar-refractivity contribution in [2.75, 3.05) is 12.0 Å². The number of hydrogen-bond acceptors (Lipinski definition) is 3. The lowest BCUT2D eigenvalue weighted by molar-refractivity contribution is -0.685. The largest absolute Gasteiger partial charge is 1.00 e. The van der Waals surface area contributed by atoms with Crippen LogP contribution in [-0.2, 0) is 13.0 Å². The van der Waals surface area contributed by atoms with Crippen LogP contribution in [0.1, 0.15) is 12.0 Å². The molecule has 1 aromatic carbocycles. The molecule has 0 aliphatic carbocycles. The zero-order chi connectivity index (χ0) is 13.7. The molecule has 3 nitrogen and oxygen atoms in total. The Kier molecular flexibility index (Phi) is 7.55. The Labute approximate surface area is 142 Å². The number of anilines is 1. The summed E-state index contributed by atoms with van der Waals surface area (Å²) >= 11 is 5.39. The number of nitrogens with zero attached hydrogens (tertiary/aromatic N) is 2. The van der Waals surface area contributed by atoms with Crippen molar-refractivity contribution in [2.24, 2.45) is 0 Å². The fourth-order valence-electron chi connectivity index (χ4n) is 1.90. The van der Waals surface area contributed by atoms with E-state index >= 15 is 0 Å². The summed E-state index contributed by atoms with van der Waals surface area (Å²) in [6.07, 6.45) is 7.83. The number of hydrogen-bond donors (Lipinski definition) is 1. The van der Waals surface area contributed by atoms with Gasteiger partial charge in [-0.1, -0.05) is 27.0 Å². The Balaban J connectivity index is 0.00000200. The lowest BCUT2D eigenvalue weighted by Crippen LogP contribution is -3.00. The molecule has 20 heavy (non-hydrogen) atoms. The quantitative estimate of drug-likeness (QED) is 0.552. The topological polar surface area (TPSA) is 42.8 Å². The van der Waals surface area contributed by atoms with Gasteiger partial charge in [0, 0.05) is 15.4 Å². The predicted molar refractivity (Wildman–Crippen MR) is 83.1 cm³/mol. The molecule has 0 aliphatic rings. The molecule has 0 unspecified atom stereocenters. The Morgan fingerprint density at radius 2 is 2.20 bits per heavy atom. The molecular formula is C14H17Br2N3S. The first-order chi connectivity index (χ1) is 9.20. The second-order valence-corrected chi connectivity index (χ2v) is 5.97. The Morgan fingerprint density at radius 1 is 1.40 bits per heavy atom. The molecule has 0 fully saturated rings. The lowest BCUT2D eigenvalue weighted by Gasteiger charge is -2.06. The lowest BCUT2D eigenvalue weighted by atomic mass is 10.1. The van der Waals surface area contributed by atoms with E-state index in [0.717, 1.165) is 19.4 Å². The Morgan fingerprint density at radius 3 is 2.85 bits per heavy atom. The fraction of sp³-hybridized carbons (Fsp3) is 0.286. The summed E-state index contributed by atoms with van der Waals surface area (Å²) in [5, 5.41) is 0. The van der Waals surface area contributed by atoms with Gasteiger partial charge in [-0.3, -0.25) is 5.73 Å². The number of benzene rings is 1. The summed E-state index contributed by atoms with van der Waals surface area (Å²) in [4.78, 5) is 5.35. The second kappa shape index (κ2) is 8.64. The van der Waals surface area contributed by atoms with Gasteiger partial charge in [0.1, 0.15) is 6.20 Å². The molecule has 0 bridgehead atoms. The highest BCUT2D eigenvalue weighted by molar-refractivity contribution is 9.10. The van der Waals surface area contributed by atoms with Gasteiger partial charge in [0.15, 0.2) is 0 Å². The average Bonchev–Trinajstić information content (AvgIpc) is 2.42. The van der Waals surface area contributed by atoms with Crippen LogP contribution in [0.4, 0.5) is 5.95 Å². The van der Waals surface area contributed by atoms with E-state index in [9.17, 15) is 0 Å². The minimum absolute atomic E-state index is 0. The number of rotatable bonds is 5. The van der Waals surface area contributed by atoms with E-state index < -0.39 is 0 Å². The Hall–Kier alpha value is -0.590. The summed E-state index contributed by atoms with van der Waals surface area (Å²) in [5.41, 5.74) is 7.14.